The molecule has 2 aromatic rings. The number of carbonyl (C=O) groups is 1. The number of carbonyl (C=O) groups excluding carboxylic acids is 1. The molecule has 2 rings (SSSR count). The number of nitrogens with one attached hydrogen (secondary N) is 1. The van der Waals surface area contributed by atoms with Gasteiger partial charge in [-0.1, -0.05) is 0 Å². The number of anilines is 1. The van der Waals surface area contributed by atoms with E-state index < -0.39 is 0 Å². The lowest BCUT2D eigenvalue weighted by Gasteiger charge is -2.02. The third-order valence-corrected chi connectivity index (χ3v) is 3.25. The van der Waals surface area contributed by atoms with Crippen molar-refractivity contribution in [1.29, 1.82) is 0 Å². The molecule has 0 saturated heterocycles. The van der Waals surface area contributed by atoms with Crippen molar-refractivity contribution in [2.75, 3.05) is 5.32 Å². The molecule has 3 nitrogen and oxygen atoms in total. The molecule has 0 fully saturated rings. The molecule has 0 aliphatic rings. The molecule has 5 heteroatoms. The maximum atomic E-state index is 11.6. The molecule has 1 N–H and O–H groups in total. The quantitative estimate of drug-likeness (QED) is 0.860. The molecule has 0 unspecified atom stereocenters. The standard InChI is InChI=1S/C10H7IN2OS/c11-7-1-3-8(4-2-7)13-10(14)9-5-12-6-15-9/h1-6H,(H,13,14). The first-order valence-electron chi connectivity index (χ1n) is 4.21. The van der Waals surface area contributed by atoms with E-state index in [-0.39, 0.29) is 5.91 Å². The van der Waals surface area contributed by atoms with Crippen LogP contribution in [-0.4, -0.2) is 10.9 Å². The Morgan fingerprint density at radius 2 is 2.07 bits per heavy atom. The SMILES string of the molecule is O=C(Nc1ccc(I)cc1)c1cncs1. The predicted molar refractivity (Wildman–Crippen MR) is 69.2 cm³/mol. The number of aromatic nitrogens is 1. The molecule has 0 aliphatic heterocycles. The Morgan fingerprint density at radius 3 is 2.67 bits per heavy atom. The van der Waals surface area contributed by atoms with Crippen LogP contribution >= 0.6 is 33.9 Å². The Morgan fingerprint density at radius 1 is 1.33 bits per heavy atom. The second-order valence-corrected chi connectivity index (χ2v) is 4.96. The third kappa shape index (κ3) is 2.75. The van der Waals surface area contributed by atoms with Crippen LogP contribution in [0.2, 0.25) is 0 Å². The van der Waals surface area contributed by atoms with Crippen molar-refractivity contribution in [2.45, 2.75) is 0 Å². The van der Waals surface area contributed by atoms with E-state index in [2.05, 4.69) is 32.9 Å². The van der Waals surface area contributed by atoms with Crippen molar-refractivity contribution in [3.05, 3.63) is 44.4 Å². The minimum atomic E-state index is -0.112. The van der Waals surface area contributed by atoms with E-state index >= 15 is 0 Å². The zero-order valence-corrected chi connectivity index (χ0v) is 10.6. The summed E-state index contributed by atoms with van der Waals surface area (Å²) in [6.07, 6.45) is 1.56. The Kier molecular flexibility index (Phi) is 3.32. The fourth-order valence-electron chi connectivity index (χ4n) is 1.05. The second-order valence-electron chi connectivity index (χ2n) is 2.83. The number of nitrogens with zero attached hydrogens (tertiary/aromatic N) is 1. The fraction of sp³-hybridized carbons (Fsp3) is 0. The number of halogens is 1. The first-order valence-corrected chi connectivity index (χ1v) is 6.17. The first kappa shape index (κ1) is 10.6. The molecule has 76 valence electrons. The van der Waals surface area contributed by atoms with Gasteiger partial charge in [0.25, 0.3) is 5.91 Å². The van der Waals surface area contributed by atoms with Gasteiger partial charge in [0.1, 0.15) is 4.88 Å². The van der Waals surface area contributed by atoms with E-state index in [9.17, 15) is 4.79 Å². The van der Waals surface area contributed by atoms with Gasteiger partial charge in [0, 0.05) is 9.26 Å². The molecular weight excluding hydrogens is 323 g/mol. The molecule has 0 saturated carbocycles. The van der Waals surface area contributed by atoms with E-state index in [1.165, 1.54) is 11.3 Å². The van der Waals surface area contributed by atoms with E-state index in [1.807, 2.05) is 24.3 Å². The molecule has 0 radical (unpaired) electrons. The minimum Gasteiger partial charge on any atom is -0.321 e. The van der Waals surface area contributed by atoms with Crippen molar-refractivity contribution in [3.8, 4) is 0 Å². The lowest BCUT2D eigenvalue weighted by molar-refractivity contribution is 0.103. The zero-order valence-electron chi connectivity index (χ0n) is 7.61. The average molecular weight is 330 g/mol. The van der Waals surface area contributed by atoms with Gasteiger partial charge in [0.2, 0.25) is 0 Å². The summed E-state index contributed by atoms with van der Waals surface area (Å²) in [5.41, 5.74) is 2.44. The smallest absolute Gasteiger partial charge is 0.267 e. The van der Waals surface area contributed by atoms with Gasteiger partial charge >= 0.3 is 0 Å². The Bertz CT molecular complexity index is 453. The summed E-state index contributed by atoms with van der Waals surface area (Å²) in [4.78, 5) is 16.1. The third-order valence-electron chi connectivity index (χ3n) is 1.76. The number of hydrogen-bond acceptors (Lipinski definition) is 3. The van der Waals surface area contributed by atoms with Crippen LogP contribution in [-0.2, 0) is 0 Å². The van der Waals surface area contributed by atoms with E-state index in [4.69, 9.17) is 0 Å². The number of hydrogen-bond donors (Lipinski definition) is 1. The topological polar surface area (TPSA) is 42.0 Å². The monoisotopic (exact) mass is 330 g/mol. The van der Waals surface area contributed by atoms with Gasteiger partial charge in [-0.2, -0.15) is 0 Å². The highest BCUT2D eigenvalue weighted by Crippen LogP contribution is 2.13. The Hall–Kier alpha value is -0.950. The molecule has 1 aromatic heterocycles. The summed E-state index contributed by atoms with van der Waals surface area (Å²) in [6.45, 7) is 0. The van der Waals surface area contributed by atoms with Crippen molar-refractivity contribution in [3.63, 3.8) is 0 Å². The normalized spacial score (nSPS) is 9.93. The van der Waals surface area contributed by atoms with Gasteiger partial charge in [-0.25, -0.2) is 0 Å². The van der Waals surface area contributed by atoms with Gasteiger partial charge < -0.3 is 5.32 Å². The molecule has 0 spiro atoms. The Labute approximate surface area is 105 Å². The molecule has 1 amide bonds. The zero-order chi connectivity index (χ0) is 10.7. The maximum absolute atomic E-state index is 11.6. The van der Waals surface area contributed by atoms with Gasteiger partial charge in [0.05, 0.1) is 11.7 Å². The highest BCUT2D eigenvalue weighted by atomic mass is 127. The van der Waals surface area contributed by atoms with Crippen LogP contribution < -0.4 is 5.32 Å². The summed E-state index contributed by atoms with van der Waals surface area (Å²) >= 11 is 3.55. The number of thiazole rings is 1. The van der Waals surface area contributed by atoms with Gasteiger partial charge in [-0.3, -0.25) is 9.78 Å². The van der Waals surface area contributed by atoms with Crippen molar-refractivity contribution in [1.82, 2.24) is 4.98 Å². The van der Waals surface area contributed by atoms with Crippen LogP contribution in [0.1, 0.15) is 9.67 Å². The van der Waals surface area contributed by atoms with Crippen LogP contribution in [0, 0.1) is 3.57 Å². The number of benzene rings is 1. The Balaban J connectivity index is 2.09. The minimum absolute atomic E-state index is 0.112. The average Bonchev–Trinajstić information content (AvgIpc) is 2.74. The molecule has 0 atom stereocenters. The highest BCUT2D eigenvalue weighted by Gasteiger charge is 2.06. The van der Waals surface area contributed by atoms with Crippen LogP contribution in [0.3, 0.4) is 0 Å². The largest absolute Gasteiger partial charge is 0.321 e. The van der Waals surface area contributed by atoms with Crippen molar-refractivity contribution < 1.29 is 4.79 Å². The first-order chi connectivity index (χ1) is 7.25. The van der Waals surface area contributed by atoms with Crippen molar-refractivity contribution in [2.24, 2.45) is 0 Å². The van der Waals surface area contributed by atoms with Gasteiger partial charge in [-0.15, -0.1) is 11.3 Å². The van der Waals surface area contributed by atoms with Crippen molar-refractivity contribution >= 4 is 45.5 Å². The van der Waals surface area contributed by atoms with Crippen LogP contribution in [0.5, 0.6) is 0 Å². The van der Waals surface area contributed by atoms with Gasteiger partial charge in [0.15, 0.2) is 0 Å². The summed E-state index contributed by atoms with van der Waals surface area (Å²) in [6, 6.07) is 7.65. The molecule has 0 bridgehead atoms. The van der Waals surface area contributed by atoms with E-state index in [0.29, 0.717) is 4.88 Å². The van der Waals surface area contributed by atoms with E-state index in [1.54, 1.807) is 11.7 Å². The maximum Gasteiger partial charge on any atom is 0.267 e. The van der Waals surface area contributed by atoms with Crippen LogP contribution in [0.25, 0.3) is 0 Å². The lowest BCUT2D eigenvalue weighted by Crippen LogP contribution is -2.09. The predicted octanol–water partition coefficient (Wildman–Crippen LogP) is 3.00. The van der Waals surface area contributed by atoms with E-state index in [0.717, 1.165) is 9.26 Å². The lowest BCUT2D eigenvalue weighted by atomic mass is 10.3. The van der Waals surface area contributed by atoms with Crippen LogP contribution in [0.4, 0.5) is 5.69 Å². The molecule has 0 aliphatic carbocycles. The number of rotatable bonds is 2. The van der Waals surface area contributed by atoms with Crippen LogP contribution in [0.15, 0.2) is 36.0 Å². The molecular formula is C10H7IN2OS. The fourth-order valence-corrected chi connectivity index (χ4v) is 1.93. The molecule has 15 heavy (non-hydrogen) atoms. The number of amides is 1. The molecule has 1 heterocycles. The summed E-state index contributed by atoms with van der Waals surface area (Å²) < 4.78 is 1.14. The molecule has 1 aromatic carbocycles. The summed E-state index contributed by atoms with van der Waals surface area (Å²) in [5, 5.41) is 2.80. The summed E-state index contributed by atoms with van der Waals surface area (Å²) in [7, 11) is 0. The van der Waals surface area contributed by atoms with Gasteiger partial charge in [-0.05, 0) is 46.9 Å². The highest BCUT2D eigenvalue weighted by molar-refractivity contribution is 14.1. The summed E-state index contributed by atoms with van der Waals surface area (Å²) in [5.74, 6) is -0.112. The second kappa shape index (κ2) is 4.71.